The number of benzene rings is 2. The van der Waals surface area contributed by atoms with Crippen molar-refractivity contribution in [2.75, 3.05) is 24.6 Å². The Morgan fingerprint density at radius 1 is 1.00 bits per heavy atom. The van der Waals surface area contributed by atoms with E-state index in [4.69, 9.17) is 5.73 Å². The summed E-state index contributed by atoms with van der Waals surface area (Å²) in [6.07, 6.45) is 0. The number of sulfone groups is 1. The SMILES string of the molecule is NC(=O)c1ccccc1-c1ccc(CN2CCS(=O)(=O)CC2)cc1. The van der Waals surface area contributed by atoms with Gasteiger partial charge in [0.2, 0.25) is 5.91 Å². The molecule has 0 bridgehead atoms. The van der Waals surface area contributed by atoms with Crippen molar-refractivity contribution < 1.29 is 13.2 Å². The average Bonchev–Trinajstić information content (AvgIpc) is 2.57. The van der Waals surface area contributed by atoms with Crippen LogP contribution in [0.4, 0.5) is 0 Å². The van der Waals surface area contributed by atoms with Crippen molar-refractivity contribution in [3.63, 3.8) is 0 Å². The predicted octanol–water partition coefficient (Wildman–Crippen LogP) is 1.68. The highest BCUT2D eigenvalue weighted by atomic mass is 32.2. The molecule has 0 aliphatic carbocycles. The molecule has 1 saturated heterocycles. The molecule has 126 valence electrons. The number of nitrogens with two attached hydrogens (primary N) is 1. The van der Waals surface area contributed by atoms with Crippen molar-refractivity contribution in [2.24, 2.45) is 5.73 Å². The first-order valence-corrected chi connectivity index (χ1v) is 9.68. The minimum absolute atomic E-state index is 0.233. The van der Waals surface area contributed by atoms with Crippen LogP contribution in [-0.2, 0) is 16.4 Å². The van der Waals surface area contributed by atoms with E-state index in [1.54, 1.807) is 12.1 Å². The molecule has 0 unspecified atom stereocenters. The van der Waals surface area contributed by atoms with E-state index in [2.05, 4.69) is 4.90 Å². The maximum Gasteiger partial charge on any atom is 0.249 e. The number of carbonyl (C=O) groups excluding carboxylic acids is 1. The van der Waals surface area contributed by atoms with Crippen molar-refractivity contribution in [1.82, 2.24) is 4.90 Å². The summed E-state index contributed by atoms with van der Waals surface area (Å²) in [6.45, 7) is 1.89. The number of hydrogen-bond acceptors (Lipinski definition) is 4. The van der Waals surface area contributed by atoms with Crippen molar-refractivity contribution in [2.45, 2.75) is 6.54 Å². The Morgan fingerprint density at radius 2 is 1.62 bits per heavy atom. The van der Waals surface area contributed by atoms with E-state index in [9.17, 15) is 13.2 Å². The lowest BCUT2D eigenvalue weighted by atomic mass is 9.98. The van der Waals surface area contributed by atoms with Crippen LogP contribution < -0.4 is 5.73 Å². The first-order chi connectivity index (χ1) is 11.4. The van der Waals surface area contributed by atoms with Crippen LogP contribution in [0.5, 0.6) is 0 Å². The largest absolute Gasteiger partial charge is 0.366 e. The summed E-state index contributed by atoms with van der Waals surface area (Å²) in [7, 11) is -2.85. The lowest BCUT2D eigenvalue weighted by Crippen LogP contribution is -2.39. The van der Waals surface area contributed by atoms with E-state index in [0.717, 1.165) is 23.2 Å². The van der Waals surface area contributed by atoms with Gasteiger partial charge in [-0.1, -0.05) is 42.5 Å². The third-order valence-corrected chi connectivity index (χ3v) is 5.91. The van der Waals surface area contributed by atoms with Gasteiger partial charge in [0.1, 0.15) is 0 Å². The molecule has 6 heteroatoms. The van der Waals surface area contributed by atoms with Crippen LogP contribution in [0.25, 0.3) is 11.1 Å². The minimum Gasteiger partial charge on any atom is -0.366 e. The molecule has 3 rings (SSSR count). The first kappa shape index (κ1) is 16.7. The molecule has 1 aliphatic rings. The molecule has 0 atom stereocenters. The summed E-state index contributed by atoms with van der Waals surface area (Å²) in [5.74, 6) is 0.0259. The van der Waals surface area contributed by atoms with Crippen LogP contribution in [0.3, 0.4) is 0 Å². The molecule has 2 aromatic carbocycles. The Labute approximate surface area is 142 Å². The molecule has 1 amide bonds. The molecule has 24 heavy (non-hydrogen) atoms. The molecular weight excluding hydrogens is 324 g/mol. The molecule has 1 heterocycles. The molecule has 0 spiro atoms. The normalized spacial score (nSPS) is 17.5. The lowest BCUT2D eigenvalue weighted by molar-refractivity contribution is 0.100. The lowest BCUT2D eigenvalue weighted by Gasteiger charge is -2.26. The summed E-state index contributed by atoms with van der Waals surface area (Å²) in [4.78, 5) is 13.7. The Hall–Kier alpha value is -2.18. The smallest absolute Gasteiger partial charge is 0.249 e. The third kappa shape index (κ3) is 3.83. The Bertz CT molecular complexity index is 831. The highest BCUT2D eigenvalue weighted by Gasteiger charge is 2.21. The standard InChI is InChI=1S/C18H20N2O3S/c19-18(21)17-4-2-1-3-16(17)15-7-5-14(6-8-15)13-20-9-11-24(22,23)12-10-20/h1-8H,9-13H2,(H2,19,21). The van der Waals surface area contributed by atoms with Crippen LogP contribution in [0, 0.1) is 0 Å². The molecule has 1 fully saturated rings. The number of carbonyl (C=O) groups is 1. The molecule has 1 aliphatic heterocycles. The zero-order valence-corrected chi connectivity index (χ0v) is 14.1. The van der Waals surface area contributed by atoms with Crippen molar-refractivity contribution in [3.8, 4) is 11.1 Å². The van der Waals surface area contributed by atoms with Gasteiger partial charge in [-0.05, 0) is 22.8 Å². The van der Waals surface area contributed by atoms with Gasteiger partial charge in [0.25, 0.3) is 0 Å². The topological polar surface area (TPSA) is 80.5 Å². The second kappa shape index (κ2) is 6.75. The van der Waals surface area contributed by atoms with Crippen LogP contribution in [0.2, 0.25) is 0 Å². The maximum absolute atomic E-state index is 11.5. The van der Waals surface area contributed by atoms with Gasteiger partial charge >= 0.3 is 0 Å². The fourth-order valence-corrected chi connectivity index (χ4v) is 4.18. The highest BCUT2D eigenvalue weighted by molar-refractivity contribution is 7.91. The van der Waals surface area contributed by atoms with Gasteiger partial charge in [0, 0.05) is 25.2 Å². The third-order valence-electron chi connectivity index (χ3n) is 4.30. The van der Waals surface area contributed by atoms with E-state index < -0.39 is 15.7 Å². The molecule has 2 aromatic rings. The number of hydrogen-bond donors (Lipinski definition) is 1. The summed E-state index contributed by atoms with van der Waals surface area (Å²) in [5, 5.41) is 0. The zero-order chi connectivity index (χ0) is 17.2. The Kier molecular flexibility index (Phi) is 4.69. The monoisotopic (exact) mass is 344 g/mol. The van der Waals surface area contributed by atoms with Crippen LogP contribution >= 0.6 is 0 Å². The Morgan fingerprint density at radius 3 is 2.25 bits per heavy atom. The second-order valence-electron chi connectivity index (χ2n) is 6.03. The maximum atomic E-state index is 11.5. The van der Waals surface area contributed by atoms with E-state index in [-0.39, 0.29) is 11.5 Å². The molecule has 0 saturated carbocycles. The molecule has 0 radical (unpaired) electrons. The minimum atomic E-state index is -2.85. The Balaban J connectivity index is 1.74. The predicted molar refractivity (Wildman–Crippen MR) is 94.3 cm³/mol. The van der Waals surface area contributed by atoms with Crippen molar-refractivity contribution in [3.05, 3.63) is 59.7 Å². The quantitative estimate of drug-likeness (QED) is 0.915. The van der Waals surface area contributed by atoms with E-state index >= 15 is 0 Å². The number of primary amides is 1. The summed E-state index contributed by atoms with van der Waals surface area (Å²) >= 11 is 0. The summed E-state index contributed by atoms with van der Waals surface area (Å²) < 4.78 is 22.9. The van der Waals surface area contributed by atoms with Crippen LogP contribution in [0.15, 0.2) is 48.5 Å². The zero-order valence-electron chi connectivity index (χ0n) is 13.3. The first-order valence-electron chi connectivity index (χ1n) is 7.85. The number of rotatable bonds is 4. The summed E-state index contributed by atoms with van der Waals surface area (Å²) in [5.41, 5.74) is 8.82. The summed E-state index contributed by atoms with van der Waals surface area (Å²) in [6, 6.07) is 15.2. The number of amides is 1. The molecule has 0 aromatic heterocycles. The van der Waals surface area contributed by atoms with E-state index in [1.165, 1.54) is 0 Å². The van der Waals surface area contributed by atoms with Gasteiger partial charge in [0.05, 0.1) is 11.5 Å². The fraction of sp³-hybridized carbons (Fsp3) is 0.278. The van der Waals surface area contributed by atoms with Crippen LogP contribution in [0.1, 0.15) is 15.9 Å². The highest BCUT2D eigenvalue weighted by Crippen LogP contribution is 2.24. The van der Waals surface area contributed by atoms with E-state index in [0.29, 0.717) is 18.7 Å². The van der Waals surface area contributed by atoms with Gasteiger partial charge in [-0.2, -0.15) is 0 Å². The molecule has 5 nitrogen and oxygen atoms in total. The molecular formula is C18H20N2O3S. The van der Waals surface area contributed by atoms with Gasteiger partial charge in [-0.15, -0.1) is 0 Å². The van der Waals surface area contributed by atoms with Crippen LogP contribution in [-0.4, -0.2) is 43.8 Å². The van der Waals surface area contributed by atoms with Gasteiger partial charge in [-0.25, -0.2) is 8.42 Å². The fourth-order valence-electron chi connectivity index (χ4n) is 2.91. The molecule has 2 N–H and O–H groups in total. The van der Waals surface area contributed by atoms with E-state index in [1.807, 2.05) is 36.4 Å². The average molecular weight is 344 g/mol. The van der Waals surface area contributed by atoms with Crippen molar-refractivity contribution >= 4 is 15.7 Å². The second-order valence-corrected chi connectivity index (χ2v) is 8.34. The number of nitrogens with zero attached hydrogens (tertiary/aromatic N) is 1. The van der Waals surface area contributed by atoms with Gasteiger partial charge in [0.15, 0.2) is 9.84 Å². The van der Waals surface area contributed by atoms with Gasteiger partial charge < -0.3 is 5.73 Å². The van der Waals surface area contributed by atoms with Gasteiger partial charge in [-0.3, -0.25) is 9.69 Å². The van der Waals surface area contributed by atoms with Crippen molar-refractivity contribution in [1.29, 1.82) is 0 Å².